The summed E-state index contributed by atoms with van der Waals surface area (Å²) in [6, 6.07) is 8.03. The van der Waals surface area contributed by atoms with Crippen LogP contribution < -0.4 is 0 Å². The molecule has 1 amide bonds. The fourth-order valence-corrected chi connectivity index (χ4v) is 2.71. The molecule has 0 spiro atoms. The molecule has 0 aliphatic carbocycles. The number of rotatable bonds is 6. The molecule has 1 aromatic rings. The summed E-state index contributed by atoms with van der Waals surface area (Å²) in [5.74, 6) is -1.69. The van der Waals surface area contributed by atoms with Gasteiger partial charge in [-0.3, -0.25) is 4.90 Å². The van der Waals surface area contributed by atoms with Crippen LogP contribution in [-0.2, 0) is 30.4 Å². The predicted octanol–water partition coefficient (Wildman–Crippen LogP) is 2.21. The number of esters is 1. The lowest BCUT2D eigenvalue weighted by atomic mass is 10.2. The van der Waals surface area contributed by atoms with Gasteiger partial charge >= 0.3 is 18.0 Å². The van der Waals surface area contributed by atoms with E-state index in [0.29, 0.717) is 0 Å². The number of hydrogen-bond acceptors (Lipinski definition) is 6. The van der Waals surface area contributed by atoms with Gasteiger partial charge in [-0.05, 0) is 26.3 Å². The average molecular weight is 379 g/mol. The predicted molar refractivity (Wildman–Crippen MR) is 95.0 cm³/mol. The Balaban J connectivity index is 1.88. The topological polar surface area (TPSA) is 102 Å². The maximum atomic E-state index is 12.3. The summed E-state index contributed by atoms with van der Waals surface area (Å²) in [7, 11) is 0. The first kappa shape index (κ1) is 20.7. The number of carbonyl (C=O) groups is 3. The van der Waals surface area contributed by atoms with Gasteiger partial charge in [-0.1, -0.05) is 30.3 Å². The van der Waals surface area contributed by atoms with Gasteiger partial charge in [0, 0.05) is 6.42 Å². The number of nitrogens with zero attached hydrogens (tertiary/aromatic N) is 1. The molecule has 0 saturated carbocycles. The van der Waals surface area contributed by atoms with E-state index < -0.39 is 35.8 Å². The fourth-order valence-electron chi connectivity index (χ4n) is 2.71. The Kier molecular flexibility index (Phi) is 6.79. The number of carbonyl (C=O) groups excluding carboxylic acids is 2. The lowest BCUT2D eigenvalue weighted by Crippen LogP contribution is -2.40. The van der Waals surface area contributed by atoms with Crippen molar-refractivity contribution in [3.05, 3.63) is 35.9 Å². The third kappa shape index (κ3) is 6.56. The van der Waals surface area contributed by atoms with E-state index in [0.717, 1.165) is 10.5 Å². The molecular weight excluding hydrogens is 354 g/mol. The van der Waals surface area contributed by atoms with Crippen molar-refractivity contribution in [2.75, 3.05) is 13.2 Å². The normalized spacial score (nSPS) is 19.6. The van der Waals surface area contributed by atoms with E-state index >= 15 is 0 Å². The maximum absolute atomic E-state index is 12.3. The number of likely N-dealkylation sites (tertiary alicyclic amines) is 1. The minimum Gasteiger partial charge on any atom is -0.480 e. The van der Waals surface area contributed by atoms with Crippen LogP contribution in [0.2, 0.25) is 0 Å². The van der Waals surface area contributed by atoms with Gasteiger partial charge < -0.3 is 19.3 Å². The average Bonchev–Trinajstić information content (AvgIpc) is 3.02. The highest BCUT2D eigenvalue weighted by molar-refractivity contribution is 5.81. The number of aliphatic carboxylic acids is 1. The Hall–Kier alpha value is -2.61. The molecule has 1 heterocycles. The van der Waals surface area contributed by atoms with Crippen LogP contribution in [0.15, 0.2) is 30.3 Å². The molecule has 2 rings (SSSR count). The van der Waals surface area contributed by atoms with Crippen molar-refractivity contribution >= 4 is 18.0 Å². The lowest BCUT2D eigenvalue weighted by molar-refractivity contribution is -0.162. The Bertz CT molecular complexity index is 668. The number of amides is 1. The van der Waals surface area contributed by atoms with Crippen LogP contribution >= 0.6 is 0 Å². The standard InChI is InChI=1S/C19H25NO7/c1-19(2,3)27-16(21)12-25-14-9-15(17(22)23)20(10-14)18(24)26-11-13-7-5-4-6-8-13/h4-8,14-15H,9-12H2,1-3H3,(H,22,23)/t14-,15+/m1/s1. The molecule has 8 heteroatoms. The number of ether oxygens (including phenoxy) is 3. The molecule has 1 fully saturated rings. The van der Waals surface area contributed by atoms with Crippen molar-refractivity contribution in [2.24, 2.45) is 0 Å². The second-order valence-electron chi connectivity index (χ2n) is 7.30. The third-order valence-corrected chi connectivity index (χ3v) is 3.84. The zero-order valence-corrected chi connectivity index (χ0v) is 15.7. The lowest BCUT2D eigenvalue weighted by Gasteiger charge is -2.21. The van der Waals surface area contributed by atoms with E-state index in [4.69, 9.17) is 14.2 Å². The number of carboxylic acids is 1. The molecule has 0 aromatic heterocycles. The van der Waals surface area contributed by atoms with Crippen LogP contribution in [0.1, 0.15) is 32.8 Å². The van der Waals surface area contributed by atoms with Gasteiger partial charge in [-0.25, -0.2) is 14.4 Å². The Morgan fingerprint density at radius 1 is 1.19 bits per heavy atom. The molecular formula is C19H25NO7. The zero-order valence-electron chi connectivity index (χ0n) is 15.7. The Morgan fingerprint density at radius 2 is 1.85 bits per heavy atom. The molecule has 1 aliphatic heterocycles. The molecule has 1 aliphatic rings. The van der Waals surface area contributed by atoms with Crippen LogP contribution in [0.4, 0.5) is 4.79 Å². The molecule has 1 saturated heterocycles. The number of benzene rings is 1. The van der Waals surface area contributed by atoms with Crippen molar-refractivity contribution in [3.63, 3.8) is 0 Å². The molecule has 0 bridgehead atoms. The summed E-state index contributed by atoms with van der Waals surface area (Å²) < 4.78 is 15.8. The summed E-state index contributed by atoms with van der Waals surface area (Å²) in [5.41, 5.74) is 0.169. The minimum atomic E-state index is -1.14. The summed E-state index contributed by atoms with van der Waals surface area (Å²) in [6.07, 6.45) is -1.23. The van der Waals surface area contributed by atoms with E-state index in [-0.39, 0.29) is 26.2 Å². The molecule has 0 radical (unpaired) electrons. The third-order valence-electron chi connectivity index (χ3n) is 3.84. The molecule has 0 unspecified atom stereocenters. The van der Waals surface area contributed by atoms with E-state index in [9.17, 15) is 19.5 Å². The molecule has 8 nitrogen and oxygen atoms in total. The van der Waals surface area contributed by atoms with Crippen molar-refractivity contribution in [3.8, 4) is 0 Å². The summed E-state index contributed by atoms with van der Waals surface area (Å²) >= 11 is 0. The van der Waals surface area contributed by atoms with Gasteiger partial charge in [-0.2, -0.15) is 0 Å². The quantitative estimate of drug-likeness (QED) is 0.756. The molecule has 27 heavy (non-hydrogen) atoms. The van der Waals surface area contributed by atoms with Crippen LogP contribution in [0.25, 0.3) is 0 Å². The monoisotopic (exact) mass is 379 g/mol. The van der Waals surface area contributed by atoms with Crippen molar-refractivity contribution < 1.29 is 33.7 Å². The van der Waals surface area contributed by atoms with Gasteiger partial charge in [0.15, 0.2) is 0 Å². The first-order valence-electron chi connectivity index (χ1n) is 8.69. The van der Waals surface area contributed by atoms with Crippen molar-refractivity contribution in [2.45, 2.75) is 51.5 Å². The summed E-state index contributed by atoms with van der Waals surface area (Å²) in [4.78, 5) is 36.6. The number of carboxylic acid groups (broad SMARTS) is 1. The molecule has 2 atom stereocenters. The zero-order chi connectivity index (χ0) is 20.0. The van der Waals surface area contributed by atoms with E-state index in [1.807, 2.05) is 18.2 Å². The molecule has 1 aromatic carbocycles. The van der Waals surface area contributed by atoms with Crippen LogP contribution in [0.3, 0.4) is 0 Å². The first-order valence-corrected chi connectivity index (χ1v) is 8.69. The summed E-state index contributed by atoms with van der Waals surface area (Å²) in [6.45, 7) is 5.00. The van der Waals surface area contributed by atoms with Gasteiger partial charge in [0.05, 0.1) is 12.6 Å². The molecule has 148 valence electrons. The van der Waals surface area contributed by atoms with E-state index in [1.54, 1.807) is 32.9 Å². The van der Waals surface area contributed by atoms with Gasteiger partial charge in [0.2, 0.25) is 0 Å². The highest BCUT2D eigenvalue weighted by Gasteiger charge is 2.41. The smallest absolute Gasteiger partial charge is 0.410 e. The van der Waals surface area contributed by atoms with Gasteiger partial charge in [-0.15, -0.1) is 0 Å². The van der Waals surface area contributed by atoms with Crippen LogP contribution in [0.5, 0.6) is 0 Å². The fraction of sp³-hybridized carbons (Fsp3) is 0.526. The Morgan fingerprint density at radius 3 is 2.44 bits per heavy atom. The largest absolute Gasteiger partial charge is 0.480 e. The van der Waals surface area contributed by atoms with Gasteiger partial charge in [0.25, 0.3) is 0 Å². The maximum Gasteiger partial charge on any atom is 0.410 e. The van der Waals surface area contributed by atoms with E-state index in [2.05, 4.69) is 0 Å². The van der Waals surface area contributed by atoms with Crippen molar-refractivity contribution in [1.82, 2.24) is 4.90 Å². The Labute approximate surface area is 158 Å². The molecule has 1 N–H and O–H groups in total. The summed E-state index contributed by atoms with van der Waals surface area (Å²) in [5, 5.41) is 9.37. The van der Waals surface area contributed by atoms with Crippen LogP contribution in [-0.4, -0.2) is 58.9 Å². The van der Waals surface area contributed by atoms with E-state index in [1.165, 1.54) is 0 Å². The highest BCUT2D eigenvalue weighted by atomic mass is 16.6. The van der Waals surface area contributed by atoms with Crippen molar-refractivity contribution in [1.29, 1.82) is 0 Å². The highest BCUT2D eigenvalue weighted by Crippen LogP contribution is 2.22. The second kappa shape index (κ2) is 8.85. The van der Waals surface area contributed by atoms with Crippen LogP contribution in [0, 0.1) is 0 Å². The first-order chi connectivity index (χ1) is 12.7. The SMILES string of the molecule is CC(C)(C)OC(=O)CO[C@@H]1C[C@@H](C(=O)O)N(C(=O)OCc2ccccc2)C1. The van der Waals surface area contributed by atoms with Gasteiger partial charge in [0.1, 0.15) is 24.9 Å². The minimum absolute atomic E-state index is 0.0351. The number of hydrogen-bond donors (Lipinski definition) is 1. The second-order valence-corrected chi connectivity index (χ2v) is 7.30.